The molecule has 1 aliphatic rings. The van der Waals surface area contributed by atoms with Crippen molar-refractivity contribution in [1.82, 2.24) is 4.90 Å². The third-order valence-corrected chi connectivity index (χ3v) is 4.03. The van der Waals surface area contributed by atoms with Crippen molar-refractivity contribution in [2.45, 2.75) is 52.0 Å². The Morgan fingerprint density at radius 1 is 1.15 bits per heavy atom. The van der Waals surface area contributed by atoms with Crippen molar-refractivity contribution >= 4 is 30.5 Å². The highest BCUT2D eigenvalue weighted by atomic mass is 35.5. The van der Waals surface area contributed by atoms with Crippen molar-refractivity contribution in [2.75, 3.05) is 18.8 Å². The van der Waals surface area contributed by atoms with Gasteiger partial charge < -0.3 is 10.6 Å². The van der Waals surface area contributed by atoms with Crippen LogP contribution in [0.4, 0.5) is 5.69 Å². The molecular formula is C16H28Cl2N2. The number of rotatable bonds is 5. The minimum atomic E-state index is 0. The smallest absolute Gasteiger partial charge is 0.0349 e. The summed E-state index contributed by atoms with van der Waals surface area (Å²) >= 11 is 0. The van der Waals surface area contributed by atoms with Gasteiger partial charge >= 0.3 is 0 Å². The largest absolute Gasteiger partial charge is 0.398 e. The molecule has 2 N–H and O–H groups in total. The molecule has 0 aromatic heterocycles. The van der Waals surface area contributed by atoms with Crippen LogP contribution in [0.5, 0.6) is 0 Å². The quantitative estimate of drug-likeness (QED) is 0.828. The Labute approximate surface area is 135 Å². The van der Waals surface area contributed by atoms with Gasteiger partial charge in [0.2, 0.25) is 0 Å². The number of benzene rings is 1. The van der Waals surface area contributed by atoms with Crippen molar-refractivity contribution in [2.24, 2.45) is 0 Å². The van der Waals surface area contributed by atoms with Gasteiger partial charge in [0.1, 0.15) is 0 Å². The zero-order chi connectivity index (χ0) is 13.0. The normalized spacial score (nSPS) is 17.1. The summed E-state index contributed by atoms with van der Waals surface area (Å²) in [6, 6.07) is 7.11. The third kappa shape index (κ3) is 4.54. The Hall–Kier alpha value is -0.440. The van der Waals surface area contributed by atoms with E-state index in [1.165, 1.54) is 49.9 Å². The third-order valence-electron chi connectivity index (χ3n) is 4.03. The number of nitrogens with zero attached hydrogens (tertiary/aromatic N) is 1. The van der Waals surface area contributed by atoms with Crippen LogP contribution < -0.4 is 5.73 Å². The van der Waals surface area contributed by atoms with Gasteiger partial charge in [-0.05, 0) is 62.4 Å². The molecule has 0 bridgehead atoms. The summed E-state index contributed by atoms with van der Waals surface area (Å²) in [5.41, 5.74) is 9.94. The molecular weight excluding hydrogens is 291 g/mol. The lowest BCUT2D eigenvalue weighted by Gasteiger charge is -2.35. The van der Waals surface area contributed by atoms with Crippen molar-refractivity contribution in [3.8, 4) is 0 Å². The SMILES string of the molecule is CCCN(CCC)[C@@H]1CCc2c(N)cccc2C1.Cl.Cl. The molecule has 0 fully saturated rings. The van der Waals surface area contributed by atoms with Crippen molar-refractivity contribution in [1.29, 1.82) is 0 Å². The minimum absolute atomic E-state index is 0. The number of nitrogens with two attached hydrogens (primary N) is 1. The molecule has 116 valence electrons. The Bertz CT molecular complexity index is 390. The summed E-state index contributed by atoms with van der Waals surface area (Å²) in [7, 11) is 0. The maximum atomic E-state index is 6.07. The van der Waals surface area contributed by atoms with Crippen LogP contribution >= 0.6 is 24.8 Å². The van der Waals surface area contributed by atoms with Gasteiger partial charge in [-0.2, -0.15) is 0 Å². The predicted molar refractivity (Wildman–Crippen MR) is 93.3 cm³/mol. The van der Waals surface area contributed by atoms with Crippen LogP contribution in [0.1, 0.15) is 44.2 Å². The fraction of sp³-hybridized carbons (Fsp3) is 0.625. The molecule has 20 heavy (non-hydrogen) atoms. The lowest BCUT2D eigenvalue weighted by atomic mass is 9.86. The van der Waals surface area contributed by atoms with E-state index in [9.17, 15) is 0 Å². The van der Waals surface area contributed by atoms with Crippen LogP contribution in [0.3, 0.4) is 0 Å². The number of hydrogen-bond acceptors (Lipinski definition) is 2. The number of halogens is 2. The Morgan fingerprint density at radius 2 is 1.80 bits per heavy atom. The van der Waals surface area contributed by atoms with Gasteiger partial charge in [-0.15, -0.1) is 24.8 Å². The van der Waals surface area contributed by atoms with Crippen molar-refractivity contribution in [3.05, 3.63) is 29.3 Å². The number of anilines is 1. The topological polar surface area (TPSA) is 29.3 Å². The van der Waals surface area contributed by atoms with Crippen LogP contribution in [0.2, 0.25) is 0 Å². The van der Waals surface area contributed by atoms with E-state index in [0.717, 1.165) is 18.2 Å². The van der Waals surface area contributed by atoms with E-state index in [4.69, 9.17) is 5.73 Å². The van der Waals surface area contributed by atoms with Gasteiger partial charge in [-0.1, -0.05) is 26.0 Å². The molecule has 0 saturated heterocycles. The van der Waals surface area contributed by atoms with Crippen LogP contribution in [0.15, 0.2) is 18.2 Å². The van der Waals surface area contributed by atoms with E-state index < -0.39 is 0 Å². The van der Waals surface area contributed by atoms with E-state index in [2.05, 4.69) is 30.9 Å². The molecule has 4 heteroatoms. The number of fused-ring (bicyclic) bond motifs is 1. The summed E-state index contributed by atoms with van der Waals surface area (Å²) in [4.78, 5) is 2.67. The van der Waals surface area contributed by atoms with Crippen molar-refractivity contribution < 1.29 is 0 Å². The number of hydrogen-bond donors (Lipinski definition) is 1. The maximum Gasteiger partial charge on any atom is 0.0349 e. The van der Waals surface area contributed by atoms with E-state index in [0.29, 0.717) is 0 Å². The molecule has 0 radical (unpaired) electrons. The molecule has 2 rings (SSSR count). The molecule has 0 spiro atoms. The summed E-state index contributed by atoms with van der Waals surface area (Å²) in [6.45, 7) is 7.02. The van der Waals surface area contributed by atoms with Gasteiger partial charge in [-0.3, -0.25) is 0 Å². The second kappa shape index (κ2) is 9.49. The fourth-order valence-electron chi connectivity index (χ4n) is 3.18. The van der Waals surface area contributed by atoms with Crippen LogP contribution in [0, 0.1) is 0 Å². The summed E-state index contributed by atoms with van der Waals surface area (Å²) in [6.07, 6.45) is 6.10. The van der Waals surface area contributed by atoms with Gasteiger partial charge in [-0.25, -0.2) is 0 Å². The monoisotopic (exact) mass is 318 g/mol. The average Bonchev–Trinajstić information content (AvgIpc) is 2.38. The second-order valence-electron chi connectivity index (χ2n) is 5.42. The molecule has 0 aliphatic heterocycles. The van der Waals surface area contributed by atoms with Gasteiger partial charge in [0.05, 0.1) is 0 Å². The van der Waals surface area contributed by atoms with E-state index in [1.54, 1.807) is 0 Å². The highest BCUT2D eigenvalue weighted by Crippen LogP contribution is 2.28. The highest BCUT2D eigenvalue weighted by Gasteiger charge is 2.24. The molecule has 1 aromatic rings. The molecule has 1 aliphatic carbocycles. The maximum absolute atomic E-state index is 6.07. The molecule has 0 saturated carbocycles. The first-order chi connectivity index (χ1) is 8.76. The Kier molecular flexibility index (Phi) is 9.28. The van der Waals surface area contributed by atoms with Crippen molar-refractivity contribution in [3.63, 3.8) is 0 Å². The van der Waals surface area contributed by atoms with E-state index in [-0.39, 0.29) is 24.8 Å². The van der Waals surface area contributed by atoms with Crippen LogP contribution in [0.25, 0.3) is 0 Å². The van der Waals surface area contributed by atoms with Gasteiger partial charge in [0, 0.05) is 11.7 Å². The highest BCUT2D eigenvalue weighted by molar-refractivity contribution is 5.85. The molecule has 1 atom stereocenters. The van der Waals surface area contributed by atoms with E-state index in [1.807, 2.05) is 6.07 Å². The average molecular weight is 319 g/mol. The molecule has 0 amide bonds. The zero-order valence-electron chi connectivity index (χ0n) is 12.6. The van der Waals surface area contributed by atoms with E-state index >= 15 is 0 Å². The molecule has 0 unspecified atom stereocenters. The summed E-state index contributed by atoms with van der Waals surface area (Å²) < 4.78 is 0. The second-order valence-corrected chi connectivity index (χ2v) is 5.42. The minimum Gasteiger partial charge on any atom is -0.398 e. The first kappa shape index (κ1) is 19.6. The summed E-state index contributed by atoms with van der Waals surface area (Å²) in [5.74, 6) is 0. The molecule has 1 aromatic carbocycles. The van der Waals surface area contributed by atoms with Gasteiger partial charge in [0.25, 0.3) is 0 Å². The molecule has 2 nitrogen and oxygen atoms in total. The molecule has 0 heterocycles. The lowest BCUT2D eigenvalue weighted by Crippen LogP contribution is -2.40. The number of nitrogen functional groups attached to an aromatic ring is 1. The fourth-order valence-corrected chi connectivity index (χ4v) is 3.18. The Morgan fingerprint density at radius 3 is 2.40 bits per heavy atom. The summed E-state index contributed by atoms with van der Waals surface area (Å²) in [5, 5.41) is 0. The standard InChI is InChI=1S/C16H26N2.2ClH/c1-3-10-18(11-4-2)14-8-9-15-13(12-14)6-5-7-16(15)17;;/h5-7,14H,3-4,8-12,17H2,1-2H3;2*1H/t14-;;/m1../s1. The predicted octanol–water partition coefficient (Wildman–Crippen LogP) is 4.09. The van der Waals surface area contributed by atoms with Crippen LogP contribution in [-0.4, -0.2) is 24.0 Å². The van der Waals surface area contributed by atoms with Gasteiger partial charge in [0.15, 0.2) is 0 Å². The first-order valence-corrected chi connectivity index (χ1v) is 7.36. The first-order valence-electron chi connectivity index (χ1n) is 7.36. The zero-order valence-corrected chi connectivity index (χ0v) is 14.2. The lowest BCUT2D eigenvalue weighted by molar-refractivity contribution is 0.180. The Balaban J connectivity index is 0.00000180. The van der Waals surface area contributed by atoms with Crippen LogP contribution in [-0.2, 0) is 12.8 Å².